The van der Waals surface area contributed by atoms with E-state index in [4.69, 9.17) is 4.42 Å². The maximum atomic E-state index is 13.1. The van der Waals surface area contributed by atoms with Crippen molar-refractivity contribution in [2.45, 2.75) is 45.6 Å². The van der Waals surface area contributed by atoms with E-state index < -0.39 is 17.7 Å². The number of amides is 1. The third-order valence-electron chi connectivity index (χ3n) is 5.72. The van der Waals surface area contributed by atoms with E-state index >= 15 is 0 Å². The Hall–Kier alpha value is -2.86. The number of aliphatic hydroxyl groups excluding tert-OH is 1. The standard InChI is InChI=1S/C25H32N2O4/c1-16-10-11-17(25(2,3)4)15-18(16)22(28)20-21(19-9-7-14-31-19)27(24(30)23(20)29)13-8-12-26(5)6/h7,9-11,14-15,21,28H,8,12-13H2,1-6H3/b22-20+. The predicted octanol–water partition coefficient (Wildman–Crippen LogP) is 4.26. The second kappa shape index (κ2) is 8.71. The lowest BCUT2D eigenvalue weighted by Gasteiger charge is -2.24. The van der Waals surface area contributed by atoms with Crippen molar-refractivity contribution in [1.82, 2.24) is 9.80 Å². The third kappa shape index (κ3) is 4.59. The van der Waals surface area contributed by atoms with Gasteiger partial charge in [0, 0.05) is 12.1 Å². The van der Waals surface area contributed by atoms with Gasteiger partial charge in [0.05, 0.1) is 11.8 Å². The summed E-state index contributed by atoms with van der Waals surface area (Å²) in [5.41, 5.74) is 2.40. The first-order valence-electron chi connectivity index (χ1n) is 10.6. The number of aryl methyl sites for hydroxylation is 1. The maximum absolute atomic E-state index is 13.1. The number of Topliss-reactive ketones (excluding diaryl/α,β-unsaturated/α-hetero) is 1. The van der Waals surface area contributed by atoms with Crippen molar-refractivity contribution >= 4 is 17.4 Å². The number of likely N-dealkylation sites (tertiary alicyclic amines) is 1. The van der Waals surface area contributed by atoms with Crippen LogP contribution in [0, 0.1) is 6.92 Å². The van der Waals surface area contributed by atoms with Crippen LogP contribution in [0.4, 0.5) is 0 Å². The third-order valence-corrected chi connectivity index (χ3v) is 5.72. The molecule has 1 saturated heterocycles. The molecule has 1 aromatic heterocycles. The summed E-state index contributed by atoms with van der Waals surface area (Å²) in [4.78, 5) is 29.5. The van der Waals surface area contributed by atoms with E-state index in [0.717, 1.165) is 17.7 Å². The molecule has 1 aromatic carbocycles. The van der Waals surface area contributed by atoms with Crippen molar-refractivity contribution in [1.29, 1.82) is 0 Å². The van der Waals surface area contributed by atoms with Crippen LogP contribution in [0.2, 0.25) is 0 Å². The zero-order chi connectivity index (χ0) is 22.9. The predicted molar refractivity (Wildman–Crippen MR) is 121 cm³/mol. The fourth-order valence-electron chi connectivity index (χ4n) is 3.90. The molecule has 0 radical (unpaired) electrons. The molecule has 6 nitrogen and oxygen atoms in total. The Kier molecular flexibility index (Phi) is 6.41. The molecule has 0 saturated carbocycles. The summed E-state index contributed by atoms with van der Waals surface area (Å²) in [5.74, 6) is -0.968. The van der Waals surface area contributed by atoms with Crippen LogP contribution in [0.25, 0.3) is 5.76 Å². The topological polar surface area (TPSA) is 74.0 Å². The van der Waals surface area contributed by atoms with Crippen LogP contribution in [0.5, 0.6) is 0 Å². The monoisotopic (exact) mass is 424 g/mol. The van der Waals surface area contributed by atoms with Crippen molar-refractivity contribution in [3.63, 3.8) is 0 Å². The smallest absolute Gasteiger partial charge is 0.295 e. The molecular formula is C25H32N2O4. The molecule has 2 heterocycles. The minimum Gasteiger partial charge on any atom is -0.507 e. The second-order valence-corrected chi connectivity index (χ2v) is 9.44. The molecule has 0 spiro atoms. The first-order valence-corrected chi connectivity index (χ1v) is 10.6. The van der Waals surface area contributed by atoms with E-state index in [1.807, 2.05) is 44.1 Å². The van der Waals surface area contributed by atoms with Crippen LogP contribution in [0.3, 0.4) is 0 Å². The van der Waals surface area contributed by atoms with Gasteiger partial charge < -0.3 is 19.3 Å². The van der Waals surface area contributed by atoms with Gasteiger partial charge in [-0.25, -0.2) is 0 Å². The van der Waals surface area contributed by atoms with Crippen LogP contribution >= 0.6 is 0 Å². The molecular weight excluding hydrogens is 392 g/mol. The molecule has 166 valence electrons. The van der Waals surface area contributed by atoms with Crippen molar-refractivity contribution in [3.8, 4) is 0 Å². The largest absolute Gasteiger partial charge is 0.507 e. The molecule has 1 amide bonds. The number of hydrogen-bond acceptors (Lipinski definition) is 5. The summed E-state index contributed by atoms with van der Waals surface area (Å²) in [6.07, 6.45) is 2.22. The molecule has 1 atom stereocenters. The van der Waals surface area contributed by atoms with Gasteiger partial charge in [0.15, 0.2) is 0 Å². The number of furan rings is 1. The molecule has 2 aromatic rings. The van der Waals surface area contributed by atoms with Gasteiger partial charge in [-0.2, -0.15) is 0 Å². The van der Waals surface area contributed by atoms with Crippen LogP contribution in [-0.2, 0) is 15.0 Å². The second-order valence-electron chi connectivity index (χ2n) is 9.44. The zero-order valence-electron chi connectivity index (χ0n) is 19.2. The van der Waals surface area contributed by atoms with Crippen LogP contribution in [-0.4, -0.2) is 53.8 Å². The average molecular weight is 425 g/mol. The number of rotatable bonds is 6. The SMILES string of the molecule is Cc1ccc(C(C)(C)C)cc1/C(O)=C1\C(=O)C(=O)N(CCCN(C)C)C1c1ccco1. The van der Waals surface area contributed by atoms with Gasteiger partial charge >= 0.3 is 0 Å². The molecule has 1 aliphatic heterocycles. The van der Waals surface area contributed by atoms with E-state index in [2.05, 4.69) is 20.8 Å². The quantitative estimate of drug-likeness (QED) is 0.426. The van der Waals surface area contributed by atoms with Gasteiger partial charge in [-0.15, -0.1) is 0 Å². The lowest BCUT2D eigenvalue weighted by molar-refractivity contribution is -0.140. The van der Waals surface area contributed by atoms with Gasteiger partial charge in [0.2, 0.25) is 0 Å². The van der Waals surface area contributed by atoms with E-state index in [1.54, 1.807) is 12.1 Å². The van der Waals surface area contributed by atoms with E-state index in [-0.39, 0.29) is 16.7 Å². The highest BCUT2D eigenvalue weighted by Gasteiger charge is 2.47. The van der Waals surface area contributed by atoms with E-state index in [0.29, 0.717) is 24.3 Å². The summed E-state index contributed by atoms with van der Waals surface area (Å²) in [6, 6.07) is 8.58. The first-order chi connectivity index (χ1) is 14.5. The Morgan fingerprint density at radius 3 is 2.48 bits per heavy atom. The number of ketones is 1. The van der Waals surface area contributed by atoms with Gasteiger partial charge in [0.1, 0.15) is 17.6 Å². The molecule has 0 bridgehead atoms. The zero-order valence-corrected chi connectivity index (χ0v) is 19.2. The summed E-state index contributed by atoms with van der Waals surface area (Å²) in [7, 11) is 3.92. The van der Waals surface area contributed by atoms with Crippen molar-refractivity contribution in [2.75, 3.05) is 27.2 Å². The lowest BCUT2D eigenvalue weighted by atomic mass is 9.84. The minimum absolute atomic E-state index is 0.0824. The molecule has 0 aliphatic carbocycles. The minimum atomic E-state index is -0.741. The summed E-state index contributed by atoms with van der Waals surface area (Å²) in [6.45, 7) is 9.33. The number of carbonyl (C=O) groups is 2. The molecule has 3 rings (SSSR count). The summed E-state index contributed by atoms with van der Waals surface area (Å²) in [5, 5.41) is 11.3. The van der Waals surface area contributed by atoms with Gasteiger partial charge in [0.25, 0.3) is 11.7 Å². The number of hydrogen-bond donors (Lipinski definition) is 1. The Bertz CT molecular complexity index is 997. The fraction of sp³-hybridized carbons (Fsp3) is 0.440. The highest BCUT2D eigenvalue weighted by molar-refractivity contribution is 6.46. The Morgan fingerprint density at radius 1 is 1.19 bits per heavy atom. The summed E-state index contributed by atoms with van der Waals surface area (Å²) >= 11 is 0. The van der Waals surface area contributed by atoms with Crippen LogP contribution in [0.15, 0.2) is 46.6 Å². The first kappa shape index (κ1) is 22.8. The molecule has 1 N–H and O–H groups in total. The molecule has 1 aliphatic rings. The average Bonchev–Trinajstić information content (AvgIpc) is 3.29. The maximum Gasteiger partial charge on any atom is 0.295 e. The highest BCUT2D eigenvalue weighted by atomic mass is 16.3. The number of carbonyl (C=O) groups excluding carboxylic acids is 2. The molecule has 1 fully saturated rings. The van der Waals surface area contributed by atoms with Gasteiger partial charge in [-0.1, -0.05) is 32.9 Å². The Balaban J connectivity index is 2.12. The van der Waals surface area contributed by atoms with Crippen LogP contribution < -0.4 is 0 Å². The van der Waals surface area contributed by atoms with E-state index in [1.165, 1.54) is 11.2 Å². The molecule has 1 unspecified atom stereocenters. The van der Waals surface area contributed by atoms with Crippen LogP contribution in [0.1, 0.15) is 55.7 Å². The van der Waals surface area contributed by atoms with Crippen molar-refractivity contribution in [3.05, 3.63) is 64.6 Å². The fourth-order valence-corrected chi connectivity index (χ4v) is 3.90. The van der Waals surface area contributed by atoms with E-state index in [9.17, 15) is 14.7 Å². The van der Waals surface area contributed by atoms with Gasteiger partial charge in [-0.05, 0) is 68.7 Å². The lowest BCUT2D eigenvalue weighted by Crippen LogP contribution is -2.32. The normalized spacial score (nSPS) is 18.9. The number of benzene rings is 1. The Labute approximate surface area is 184 Å². The number of nitrogens with zero attached hydrogens (tertiary/aromatic N) is 2. The van der Waals surface area contributed by atoms with Crippen molar-refractivity contribution < 1.29 is 19.1 Å². The molecule has 6 heteroatoms. The Morgan fingerprint density at radius 2 is 1.90 bits per heavy atom. The highest BCUT2D eigenvalue weighted by Crippen LogP contribution is 2.40. The summed E-state index contributed by atoms with van der Waals surface area (Å²) < 4.78 is 5.59. The van der Waals surface area contributed by atoms with Crippen molar-refractivity contribution in [2.24, 2.45) is 0 Å². The number of aliphatic hydroxyl groups is 1. The van der Waals surface area contributed by atoms with Gasteiger partial charge in [-0.3, -0.25) is 9.59 Å². The molecule has 31 heavy (non-hydrogen) atoms.